The molecule has 0 unspecified atom stereocenters. The number of benzene rings is 1. The summed E-state index contributed by atoms with van der Waals surface area (Å²) in [7, 11) is 1.59. The van der Waals surface area contributed by atoms with Crippen LogP contribution in [0.2, 0.25) is 0 Å². The van der Waals surface area contributed by atoms with E-state index in [1.807, 2.05) is 25.1 Å². The van der Waals surface area contributed by atoms with Crippen LogP contribution >= 0.6 is 0 Å². The molecule has 2 N–H and O–H groups in total. The molecule has 0 radical (unpaired) electrons. The number of aryl methyl sites for hydroxylation is 1. The van der Waals surface area contributed by atoms with E-state index in [9.17, 15) is 9.59 Å². The van der Waals surface area contributed by atoms with Crippen LogP contribution < -0.4 is 10.1 Å². The summed E-state index contributed by atoms with van der Waals surface area (Å²) in [6.45, 7) is 2.19. The number of amides is 1. The molecule has 0 saturated heterocycles. The highest BCUT2D eigenvalue weighted by atomic mass is 16.5. The molecule has 0 aliphatic rings. The van der Waals surface area contributed by atoms with Gasteiger partial charge >= 0.3 is 5.97 Å². The summed E-state index contributed by atoms with van der Waals surface area (Å²) in [5.74, 6) is -0.743. The van der Waals surface area contributed by atoms with Gasteiger partial charge in [0.15, 0.2) is 5.69 Å². The van der Waals surface area contributed by atoms with Crippen molar-refractivity contribution in [1.29, 1.82) is 0 Å². The average molecular weight is 304 g/mol. The zero-order chi connectivity index (χ0) is 16.1. The van der Waals surface area contributed by atoms with Crippen LogP contribution in [0.3, 0.4) is 0 Å². The number of nitrogens with one attached hydrogen (secondary N) is 1. The van der Waals surface area contributed by atoms with Gasteiger partial charge in [-0.2, -0.15) is 0 Å². The predicted molar refractivity (Wildman–Crippen MR) is 76.6 cm³/mol. The van der Waals surface area contributed by atoms with Gasteiger partial charge in [0.05, 0.1) is 13.3 Å². The molecule has 1 amide bonds. The Bertz CT molecular complexity index is 696. The topological polar surface area (TPSA) is 106 Å². The van der Waals surface area contributed by atoms with Crippen molar-refractivity contribution in [2.45, 2.75) is 20.0 Å². The number of carbonyl (C=O) groups excluding carboxylic acids is 1. The highest BCUT2D eigenvalue weighted by molar-refractivity contribution is 5.84. The number of carboxylic acid groups (broad SMARTS) is 1. The second-order valence-corrected chi connectivity index (χ2v) is 4.74. The van der Waals surface area contributed by atoms with Crippen LogP contribution in [0.1, 0.15) is 21.6 Å². The number of carboxylic acids is 1. The normalized spacial score (nSPS) is 10.3. The summed E-state index contributed by atoms with van der Waals surface area (Å²) in [5.41, 5.74) is 1.75. The quantitative estimate of drug-likeness (QED) is 0.810. The Labute approximate surface area is 126 Å². The van der Waals surface area contributed by atoms with Gasteiger partial charge in [0.1, 0.15) is 12.3 Å². The molecule has 0 spiro atoms. The third-order valence-electron chi connectivity index (χ3n) is 2.90. The minimum atomic E-state index is -1.18. The second kappa shape index (κ2) is 6.70. The van der Waals surface area contributed by atoms with Crippen LogP contribution in [0.25, 0.3) is 0 Å². The van der Waals surface area contributed by atoms with E-state index in [0.29, 0.717) is 6.54 Å². The summed E-state index contributed by atoms with van der Waals surface area (Å²) >= 11 is 0. The summed E-state index contributed by atoms with van der Waals surface area (Å²) in [6, 6.07) is 5.68. The largest absolute Gasteiger partial charge is 0.497 e. The minimum absolute atomic E-state index is 0.0940. The number of hydrogen-bond acceptors (Lipinski definition) is 5. The lowest BCUT2D eigenvalue weighted by Crippen LogP contribution is -2.27. The summed E-state index contributed by atoms with van der Waals surface area (Å²) < 4.78 is 6.35. The minimum Gasteiger partial charge on any atom is -0.497 e. The highest BCUT2D eigenvalue weighted by Crippen LogP contribution is 2.16. The fraction of sp³-hybridized carbons (Fsp3) is 0.286. The van der Waals surface area contributed by atoms with Crippen LogP contribution in [0.4, 0.5) is 0 Å². The summed E-state index contributed by atoms with van der Waals surface area (Å²) in [6.07, 6.45) is 1.21. The molecular formula is C14H16N4O4. The fourth-order valence-electron chi connectivity index (χ4n) is 1.92. The third kappa shape index (κ3) is 4.05. The molecule has 2 rings (SSSR count). The molecular weight excluding hydrogens is 288 g/mol. The van der Waals surface area contributed by atoms with Crippen LogP contribution in [0, 0.1) is 6.92 Å². The van der Waals surface area contributed by atoms with Crippen molar-refractivity contribution >= 4 is 11.9 Å². The van der Waals surface area contributed by atoms with Crippen molar-refractivity contribution in [2.75, 3.05) is 7.11 Å². The highest BCUT2D eigenvalue weighted by Gasteiger charge is 2.10. The van der Waals surface area contributed by atoms with Gasteiger partial charge in [-0.05, 0) is 30.2 Å². The van der Waals surface area contributed by atoms with E-state index in [-0.39, 0.29) is 18.1 Å². The molecule has 0 saturated carbocycles. The standard InChI is InChI=1S/C14H16N4O4/c1-9-3-10(5-11(4-9)22-2)6-15-13(19)8-18-7-12(14(20)21)16-17-18/h3-5,7H,6,8H2,1-2H3,(H,15,19)(H,20,21). The third-order valence-corrected chi connectivity index (χ3v) is 2.90. The Morgan fingerprint density at radius 2 is 2.14 bits per heavy atom. The predicted octanol–water partition coefficient (Wildman–Crippen LogP) is 0.610. The molecule has 2 aromatic rings. The Morgan fingerprint density at radius 1 is 1.36 bits per heavy atom. The van der Waals surface area contributed by atoms with Gasteiger partial charge in [-0.15, -0.1) is 5.10 Å². The first kappa shape index (κ1) is 15.5. The summed E-state index contributed by atoms with van der Waals surface area (Å²) in [4.78, 5) is 22.5. The Balaban J connectivity index is 1.92. The lowest BCUT2D eigenvalue weighted by Gasteiger charge is -2.08. The van der Waals surface area contributed by atoms with Crippen molar-refractivity contribution < 1.29 is 19.4 Å². The number of nitrogens with zero attached hydrogens (tertiary/aromatic N) is 3. The molecule has 22 heavy (non-hydrogen) atoms. The van der Waals surface area contributed by atoms with E-state index in [4.69, 9.17) is 9.84 Å². The Kier molecular flexibility index (Phi) is 4.72. The molecule has 8 heteroatoms. The number of carbonyl (C=O) groups is 2. The van der Waals surface area contributed by atoms with E-state index >= 15 is 0 Å². The van der Waals surface area contributed by atoms with Crippen molar-refractivity contribution in [3.05, 3.63) is 41.2 Å². The monoisotopic (exact) mass is 304 g/mol. The van der Waals surface area contributed by atoms with Gasteiger partial charge in [0.2, 0.25) is 5.91 Å². The number of rotatable bonds is 6. The van der Waals surface area contributed by atoms with E-state index in [2.05, 4.69) is 15.6 Å². The van der Waals surface area contributed by atoms with E-state index in [1.165, 1.54) is 10.9 Å². The first-order valence-corrected chi connectivity index (χ1v) is 6.52. The van der Waals surface area contributed by atoms with E-state index in [1.54, 1.807) is 7.11 Å². The number of methoxy groups -OCH3 is 1. The van der Waals surface area contributed by atoms with Gasteiger partial charge in [-0.3, -0.25) is 4.79 Å². The molecule has 0 fully saturated rings. The van der Waals surface area contributed by atoms with Crippen LogP contribution in [0.5, 0.6) is 5.75 Å². The zero-order valence-corrected chi connectivity index (χ0v) is 12.2. The first-order valence-electron chi connectivity index (χ1n) is 6.52. The van der Waals surface area contributed by atoms with Crippen LogP contribution in [-0.2, 0) is 17.9 Å². The zero-order valence-electron chi connectivity index (χ0n) is 12.2. The summed E-state index contributed by atoms with van der Waals surface area (Å²) in [5, 5.41) is 18.5. The van der Waals surface area contributed by atoms with Gasteiger partial charge < -0.3 is 15.2 Å². The molecule has 0 aliphatic heterocycles. The van der Waals surface area contributed by atoms with Gasteiger partial charge in [-0.25, -0.2) is 9.48 Å². The van der Waals surface area contributed by atoms with Crippen molar-refractivity contribution in [3.63, 3.8) is 0 Å². The number of aromatic carboxylic acids is 1. The first-order chi connectivity index (χ1) is 10.5. The van der Waals surface area contributed by atoms with Gasteiger partial charge in [0, 0.05) is 6.54 Å². The van der Waals surface area contributed by atoms with Crippen LogP contribution in [0.15, 0.2) is 24.4 Å². The molecule has 1 aromatic heterocycles. The lowest BCUT2D eigenvalue weighted by atomic mass is 10.1. The number of aromatic nitrogens is 3. The average Bonchev–Trinajstić information content (AvgIpc) is 2.93. The fourth-order valence-corrected chi connectivity index (χ4v) is 1.92. The molecule has 1 heterocycles. The molecule has 116 valence electrons. The maximum Gasteiger partial charge on any atom is 0.358 e. The molecule has 0 atom stereocenters. The SMILES string of the molecule is COc1cc(C)cc(CNC(=O)Cn2cc(C(=O)O)nn2)c1. The number of ether oxygens (including phenoxy) is 1. The Hall–Kier alpha value is -2.90. The van der Waals surface area contributed by atoms with Crippen molar-refractivity contribution in [3.8, 4) is 5.75 Å². The molecule has 0 aliphatic carbocycles. The maximum atomic E-state index is 11.8. The molecule has 8 nitrogen and oxygen atoms in total. The smallest absolute Gasteiger partial charge is 0.358 e. The van der Waals surface area contributed by atoms with E-state index in [0.717, 1.165) is 16.9 Å². The number of hydrogen-bond donors (Lipinski definition) is 2. The Morgan fingerprint density at radius 3 is 2.77 bits per heavy atom. The molecule has 0 bridgehead atoms. The lowest BCUT2D eigenvalue weighted by molar-refractivity contribution is -0.122. The van der Waals surface area contributed by atoms with Crippen molar-refractivity contribution in [2.24, 2.45) is 0 Å². The van der Waals surface area contributed by atoms with Crippen LogP contribution in [-0.4, -0.2) is 39.1 Å². The van der Waals surface area contributed by atoms with E-state index < -0.39 is 5.97 Å². The molecule has 1 aromatic carbocycles. The van der Waals surface area contributed by atoms with Crippen molar-refractivity contribution in [1.82, 2.24) is 20.3 Å². The van der Waals surface area contributed by atoms with Gasteiger partial charge in [0.25, 0.3) is 0 Å². The maximum absolute atomic E-state index is 11.8. The van der Waals surface area contributed by atoms with Gasteiger partial charge in [-0.1, -0.05) is 11.3 Å². The second-order valence-electron chi connectivity index (χ2n) is 4.74.